The first-order chi connectivity index (χ1) is 9.74. The first-order valence-electron chi connectivity index (χ1n) is 8.04. The summed E-state index contributed by atoms with van der Waals surface area (Å²) in [5.41, 5.74) is 0. The molecular weight excluding hydrogens is 250 g/mol. The van der Waals surface area contributed by atoms with Crippen LogP contribution in [0.3, 0.4) is 0 Å². The summed E-state index contributed by atoms with van der Waals surface area (Å²) >= 11 is 0. The van der Waals surface area contributed by atoms with Gasteiger partial charge in [0.1, 0.15) is 17.7 Å². The lowest BCUT2D eigenvalue weighted by atomic mass is 9.89. The zero-order valence-electron chi connectivity index (χ0n) is 12.6. The van der Waals surface area contributed by atoms with Gasteiger partial charge in [-0.1, -0.05) is 6.92 Å². The van der Waals surface area contributed by atoms with Crippen LogP contribution in [-0.4, -0.2) is 22.6 Å². The molecule has 4 heteroatoms. The van der Waals surface area contributed by atoms with Crippen LogP contribution in [0.15, 0.2) is 6.07 Å². The van der Waals surface area contributed by atoms with Gasteiger partial charge in [-0.05, 0) is 51.4 Å². The van der Waals surface area contributed by atoms with Crippen LogP contribution < -0.4 is 10.1 Å². The normalized spacial score (nSPS) is 26.3. The molecule has 0 amide bonds. The van der Waals surface area contributed by atoms with Crippen LogP contribution in [0, 0.1) is 5.92 Å². The van der Waals surface area contributed by atoms with Crippen LogP contribution >= 0.6 is 0 Å². The van der Waals surface area contributed by atoms with E-state index in [1.54, 1.807) is 0 Å². The minimum absolute atomic E-state index is 0.336. The number of ether oxygens (including phenoxy) is 1. The molecule has 0 aromatic carbocycles. The van der Waals surface area contributed by atoms with Crippen molar-refractivity contribution in [3.8, 4) is 5.88 Å². The SMILES string of the molecule is CCNc1cc(OC2CCC(C)CC2)nc(C2CC2)n1. The Balaban J connectivity index is 1.70. The number of nitrogens with one attached hydrogen (secondary N) is 1. The van der Waals surface area contributed by atoms with Crippen LogP contribution in [-0.2, 0) is 0 Å². The third-order valence-corrected chi connectivity index (χ3v) is 4.27. The molecule has 0 spiro atoms. The lowest BCUT2D eigenvalue weighted by molar-refractivity contribution is 0.129. The Morgan fingerprint density at radius 2 is 1.90 bits per heavy atom. The number of nitrogens with zero attached hydrogens (tertiary/aromatic N) is 2. The van der Waals surface area contributed by atoms with E-state index in [1.165, 1.54) is 25.7 Å². The molecule has 1 aromatic rings. The molecule has 1 heterocycles. The van der Waals surface area contributed by atoms with Gasteiger partial charge in [0.2, 0.25) is 5.88 Å². The minimum atomic E-state index is 0.336. The minimum Gasteiger partial charge on any atom is -0.474 e. The molecule has 3 rings (SSSR count). The van der Waals surface area contributed by atoms with E-state index >= 15 is 0 Å². The van der Waals surface area contributed by atoms with Crippen LogP contribution in [0.25, 0.3) is 0 Å². The number of hydrogen-bond acceptors (Lipinski definition) is 4. The molecule has 0 bridgehead atoms. The molecule has 1 aromatic heterocycles. The van der Waals surface area contributed by atoms with Gasteiger partial charge in [-0.15, -0.1) is 0 Å². The first kappa shape index (κ1) is 13.7. The molecule has 110 valence electrons. The Kier molecular flexibility index (Phi) is 4.08. The molecule has 2 saturated carbocycles. The second-order valence-corrected chi connectivity index (χ2v) is 6.25. The molecular formula is C16H25N3O. The van der Waals surface area contributed by atoms with Gasteiger partial charge >= 0.3 is 0 Å². The van der Waals surface area contributed by atoms with Gasteiger partial charge in [0.15, 0.2) is 0 Å². The third-order valence-electron chi connectivity index (χ3n) is 4.27. The molecule has 0 unspecified atom stereocenters. The van der Waals surface area contributed by atoms with E-state index in [-0.39, 0.29) is 0 Å². The maximum atomic E-state index is 6.12. The molecule has 1 N–H and O–H groups in total. The van der Waals surface area contributed by atoms with E-state index in [2.05, 4.69) is 29.1 Å². The number of anilines is 1. The maximum absolute atomic E-state index is 6.12. The number of rotatable bonds is 5. The van der Waals surface area contributed by atoms with Crippen molar-refractivity contribution in [1.29, 1.82) is 0 Å². The number of aromatic nitrogens is 2. The maximum Gasteiger partial charge on any atom is 0.219 e. The molecule has 0 atom stereocenters. The average molecular weight is 275 g/mol. The summed E-state index contributed by atoms with van der Waals surface area (Å²) in [6, 6.07) is 1.95. The highest BCUT2D eigenvalue weighted by molar-refractivity contribution is 5.39. The molecule has 2 fully saturated rings. The van der Waals surface area contributed by atoms with Crippen molar-refractivity contribution in [1.82, 2.24) is 9.97 Å². The molecule has 0 aliphatic heterocycles. The van der Waals surface area contributed by atoms with Crippen LogP contribution in [0.4, 0.5) is 5.82 Å². The summed E-state index contributed by atoms with van der Waals surface area (Å²) in [5.74, 6) is 4.03. The molecule has 2 aliphatic carbocycles. The quantitative estimate of drug-likeness (QED) is 0.889. The largest absolute Gasteiger partial charge is 0.474 e. The Labute approximate surface area is 121 Å². The van der Waals surface area contributed by atoms with Gasteiger partial charge in [-0.2, -0.15) is 4.98 Å². The van der Waals surface area contributed by atoms with Crippen LogP contribution in [0.5, 0.6) is 5.88 Å². The highest BCUT2D eigenvalue weighted by atomic mass is 16.5. The number of hydrogen-bond donors (Lipinski definition) is 1. The fourth-order valence-corrected chi connectivity index (χ4v) is 2.82. The molecule has 2 aliphatic rings. The van der Waals surface area contributed by atoms with Gasteiger partial charge in [-0.25, -0.2) is 4.98 Å². The fraction of sp³-hybridized carbons (Fsp3) is 0.750. The Bertz CT molecular complexity index is 451. The summed E-state index contributed by atoms with van der Waals surface area (Å²) in [5, 5.41) is 3.28. The highest BCUT2D eigenvalue weighted by Gasteiger charge is 2.28. The zero-order chi connectivity index (χ0) is 13.9. The van der Waals surface area contributed by atoms with Crippen LogP contribution in [0.1, 0.15) is 64.1 Å². The Hall–Kier alpha value is -1.32. The predicted molar refractivity (Wildman–Crippen MR) is 80.2 cm³/mol. The van der Waals surface area contributed by atoms with Crippen molar-refractivity contribution in [3.05, 3.63) is 11.9 Å². The van der Waals surface area contributed by atoms with E-state index < -0.39 is 0 Å². The smallest absolute Gasteiger partial charge is 0.219 e. The molecule has 0 radical (unpaired) electrons. The van der Waals surface area contributed by atoms with Crippen molar-refractivity contribution in [2.24, 2.45) is 5.92 Å². The van der Waals surface area contributed by atoms with E-state index in [4.69, 9.17) is 4.74 Å². The summed E-state index contributed by atoms with van der Waals surface area (Å²) in [6.07, 6.45) is 7.62. The summed E-state index contributed by atoms with van der Waals surface area (Å²) in [4.78, 5) is 9.21. The lowest BCUT2D eigenvalue weighted by Crippen LogP contribution is -2.23. The third kappa shape index (κ3) is 3.41. The molecule has 20 heavy (non-hydrogen) atoms. The zero-order valence-corrected chi connectivity index (χ0v) is 12.6. The summed E-state index contributed by atoms with van der Waals surface area (Å²) in [7, 11) is 0. The highest BCUT2D eigenvalue weighted by Crippen LogP contribution is 2.39. The van der Waals surface area contributed by atoms with Crippen molar-refractivity contribution < 1.29 is 4.74 Å². The van der Waals surface area contributed by atoms with Crippen molar-refractivity contribution in [3.63, 3.8) is 0 Å². The lowest BCUT2D eigenvalue weighted by Gasteiger charge is -2.26. The van der Waals surface area contributed by atoms with Gasteiger partial charge in [0, 0.05) is 18.5 Å². The Morgan fingerprint density at radius 3 is 2.55 bits per heavy atom. The fourth-order valence-electron chi connectivity index (χ4n) is 2.82. The standard InChI is InChI=1S/C16H25N3O/c1-3-17-14-10-15(19-16(18-14)12-6-7-12)20-13-8-4-11(2)5-9-13/h10-13H,3-9H2,1-2H3,(H,17,18,19). The Morgan fingerprint density at radius 1 is 1.15 bits per heavy atom. The van der Waals surface area contributed by atoms with E-state index in [1.807, 2.05) is 6.07 Å². The molecule has 4 nitrogen and oxygen atoms in total. The van der Waals surface area contributed by atoms with Crippen molar-refractivity contribution >= 4 is 5.82 Å². The first-order valence-corrected chi connectivity index (χ1v) is 8.04. The summed E-state index contributed by atoms with van der Waals surface area (Å²) < 4.78 is 6.12. The monoisotopic (exact) mass is 275 g/mol. The van der Waals surface area contributed by atoms with Gasteiger partial charge in [0.05, 0.1) is 0 Å². The van der Waals surface area contributed by atoms with Crippen molar-refractivity contribution in [2.75, 3.05) is 11.9 Å². The van der Waals surface area contributed by atoms with E-state index in [0.29, 0.717) is 12.0 Å². The molecule has 0 saturated heterocycles. The summed E-state index contributed by atoms with van der Waals surface area (Å²) in [6.45, 7) is 5.29. The predicted octanol–water partition coefficient (Wildman–Crippen LogP) is 3.74. The average Bonchev–Trinajstić information content (AvgIpc) is 3.26. The second-order valence-electron chi connectivity index (χ2n) is 6.25. The van der Waals surface area contributed by atoms with Gasteiger partial charge < -0.3 is 10.1 Å². The van der Waals surface area contributed by atoms with Gasteiger partial charge in [-0.3, -0.25) is 0 Å². The van der Waals surface area contributed by atoms with E-state index in [0.717, 1.165) is 42.8 Å². The van der Waals surface area contributed by atoms with E-state index in [9.17, 15) is 0 Å². The topological polar surface area (TPSA) is 47.0 Å². The second kappa shape index (κ2) is 5.98. The van der Waals surface area contributed by atoms with Gasteiger partial charge in [0.25, 0.3) is 0 Å². The van der Waals surface area contributed by atoms with Crippen LogP contribution in [0.2, 0.25) is 0 Å². The van der Waals surface area contributed by atoms with Crippen molar-refractivity contribution in [2.45, 2.75) is 64.4 Å².